The Morgan fingerprint density at radius 3 is 2.92 bits per heavy atom. The summed E-state index contributed by atoms with van der Waals surface area (Å²) in [5, 5.41) is 6.09. The Morgan fingerprint density at radius 1 is 1.58 bits per heavy atom. The van der Waals surface area contributed by atoms with Gasteiger partial charge >= 0.3 is 0 Å². The van der Waals surface area contributed by atoms with Crippen molar-refractivity contribution < 1.29 is 0 Å². The van der Waals surface area contributed by atoms with Crippen molar-refractivity contribution >= 4 is 11.3 Å². The highest BCUT2D eigenvalue weighted by atomic mass is 32.1. The predicted molar refractivity (Wildman–Crippen MR) is 50.4 cm³/mol. The molecule has 0 aromatic carbocycles. The Morgan fingerprint density at radius 2 is 2.42 bits per heavy atom. The van der Waals surface area contributed by atoms with Crippen molar-refractivity contribution in [1.82, 2.24) is 9.89 Å². The molecule has 0 amide bonds. The van der Waals surface area contributed by atoms with Gasteiger partial charge in [-0.1, -0.05) is 6.07 Å². The molecule has 0 aliphatic rings. The summed E-state index contributed by atoms with van der Waals surface area (Å²) in [6.07, 6.45) is 0. The van der Waals surface area contributed by atoms with Gasteiger partial charge in [0.2, 0.25) is 0 Å². The zero-order valence-electron chi connectivity index (χ0n) is 6.69. The Labute approximate surface area is 74.4 Å². The summed E-state index contributed by atoms with van der Waals surface area (Å²) >= 11 is 1.66. The average molecular weight is 179 g/mol. The fraction of sp³-hybridized carbons (Fsp3) is 0.125. The van der Waals surface area contributed by atoms with Gasteiger partial charge in [-0.25, -0.2) is 0 Å². The average Bonchev–Trinajstić information content (AvgIpc) is 2.58. The van der Waals surface area contributed by atoms with E-state index in [2.05, 4.69) is 5.10 Å². The van der Waals surface area contributed by atoms with Gasteiger partial charge in [-0.15, -0.1) is 11.3 Å². The van der Waals surface area contributed by atoms with Gasteiger partial charge in [-0.2, -0.15) is 9.89 Å². The Balaban J connectivity index is 2.54. The van der Waals surface area contributed by atoms with Crippen molar-refractivity contribution in [1.29, 1.82) is 0 Å². The van der Waals surface area contributed by atoms with Crippen LogP contribution in [-0.4, -0.2) is 9.89 Å². The van der Waals surface area contributed by atoms with E-state index in [4.69, 9.17) is 5.84 Å². The number of rotatable bonds is 1. The van der Waals surface area contributed by atoms with Crippen LogP contribution < -0.4 is 5.84 Å². The number of aromatic nitrogens is 2. The highest BCUT2D eigenvalue weighted by Crippen LogP contribution is 2.23. The van der Waals surface area contributed by atoms with Gasteiger partial charge in [0.25, 0.3) is 0 Å². The first-order chi connectivity index (χ1) is 5.77. The maximum Gasteiger partial charge on any atom is 0.102 e. The lowest BCUT2D eigenvalue weighted by Gasteiger charge is -1.95. The second-order valence-corrected chi connectivity index (χ2v) is 3.54. The molecule has 0 aliphatic carbocycles. The smallest absolute Gasteiger partial charge is 0.102 e. The van der Waals surface area contributed by atoms with E-state index < -0.39 is 0 Å². The SMILES string of the molecule is Cc1cc(-c2cccs2)n(N)n1. The van der Waals surface area contributed by atoms with Crippen molar-refractivity contribution in [3.8, 4) is 10.6 Å². The number of hydrogen-bond donors (Lipinski definition) is 1. The van der Waals surface area contributed by atoms with E-state index in [0.29, 0.717) is 0 Å². The highest BCUT2D eigenvalue weighted by molar-refractivity contribution is 7.13. The molecule has 0 unspecified atom stereocenters. The molecule has 0 saturated carbocycles. The minimum Gasteiger partial charge on any atom is -0.323 e. The second-order valence-electron chi connectivity index (χ2n) is 2.59. The van der Waals surface area contributed by atoms with Crippen LogP contribution in [0.4, 0.5) is 0 Å². The summed E-state index contributed by atoms with van der Waals surface area (Å²) in [7, 11) is 0. The molecule has 0 atom stereocenters. The molecule has 12 heavy (non-hydrogen) atoms. The van der Waals surface area contributed by atoms with Crippen LogP contribution in [0.5, 0.6) is 0 Å². The third-order valence-electron chi connectivity index (χ3n) is 1.63. The monoisotopic (exact) mass is 179 g/mol. The van der Waals surface area contributed by atoms with Gasteiger partial charge in [0.15, 0.2) is 0 Å². The third kappa shape index (κ3) is 1.10. The first-order valence-electron chi connectivity index (χ1n) is 3.63. The minimum absolute atomic E-state index is 0.945. The van der Waals surface area contributed by atoms with Crippen LogP contribution in [0.15, 0.2) is 23.6 Å². The summed E-state index contributed by atoms with van der Waals surface area (Å²) < 4.78 is 0. The Bertz CT molecular complexity index is 375. The number of nitrogen functional groups attached to an aromatic ring is 1. The van der Waals surface area contributed by atoms with E-state index >= 15 is 0 Å². The number of hydrogen-bond acceptors (Lipinski definition) is 3. The fourth-order valence-electron chi connectivity index (χ4n) is 1.13. The van der Waals surface area contributed by atoms with Crippen LogP contribution in [0.25, 0.3) is 10.6 Å². The quantitative estimate of drug-likeness (QED) is 0.676. The van der Waals surface area contributed by atoms with Gasteiger partial charge < -0.3 is 5.84 Å². The van der Waals surface area contributed by atoms with Gasteiger partial charge in [0.05, 0.1) is 10.6 Å². The lowest BCUT2D eigenvalue weighted by atomic mass is 10.3. The molecule has 4 heteroatoms. The molecular weight excluding hydrogens is 170 g/mol. The molecule has 2 aromatic heterocycles. The largest absolute Gasteiger partial charge is 0.323 e. The molecule has 0 bridgehead atoms. The van der Waals surface area contributed by atoms with E-state index in [1.54, 1.807) is 11.3 Å². The summed E-state index contributed by atoms with van der Waals surface area (Å²) in [5.74, 6) is 5.64. The molecule has 2 rings (SSSR count). The Kier molecular flexibility index (Phi) is 1.62. The van der Waals surface area contributed by atoms with Crippen LogP contribution in [-0.2, 0) is 0 Å². The van der Waals surface area contributed by atoms with Crippen molar-refractivity contribution in [2.75, 3.05) is 5.84 Å². The standard InChI is InChI=1S/C8H9N3S/c1-6-5-7(11(9)10-6)8-3-2-4-12-8/h2-5H,9H2,1H3. The van der Waals surface area contributed by atoms with E-state index in [1.165, 1.54) is 4.79 Å². The lowest BCUT2D eigenvalue weighted by molar-refractivity contribution is 0.826. The molecule has 0 radical (unpaired) electrons. The highest BCUT2D eigenvalue weighted by Gasteiger charge is 2.05. The van der Waals surface area contributed by atoms with Crippen molar-refractivity contribution in [2.24, 2.45) is 0 Å². The number of nitrogens with zero attached hydrogens (tertiary/aromatic N) is 2. The molecule has 0 fully saturated rings. The third-order valence-corrected chi connectivity index (χ3v) is 2.52. The summed E-state index contributed by atoms with van der Waals surface area (Å²) in [4.78, 5) is 2.57. The maximum absolute atomic E-state index is 5.64. The van der Waals surface area contributed by atoms with Crippen molar-refractivity contribution in [3.63, 3.8) is 0 Å². The zero-order chi connectivity index (χ0) is 8.55. The van der Waals surface area contributed by atoms with Crippen LogP contribution in [0, 0.1) is 6.92 Å². The van der Waals surface area contributed by atoms with Crippen LogP contribution in [0.3, 0.4) is 0 Å². The van der Waals surface area contributed by atoms with Crippen LogP contribution >= 0.6 is 11.3 Å². The normalized spacial score (nSPS) is 10.4. The van der Waals surface area contributed by atoms with Crippen molar-refractivity contribution in [3.05, 3.63) is 29.3 Å². The van der Waals surface area contributed by atoms with Crippen LogP contribution in [0.1, 0.15) is 5.69 Å². The van der Waals surface area contributed by atoms with E-state index in [1.807, 2.05) is 30.5 Å². The second kappa shape index (κ2) is 2.64. The van der Waals surface area contributed by atoms with Crippen LogP contribution in [0.2, 0.25) is 0 Å². The Hall–Kier alpha value is -1.29. The topological polar surface area (TPSA) is 43.8 Å². The van der Waals surface area contributed by atoms with Gasteiger partial charge in [-0.05, 0) is 24.4 Å². The molecule has 3 nitrogen and oxygen atoms in total. The summed E-state index contributed by atoms with van der Waals surface area (Å²) in [5.41, 5.74) is 1.92. The predicted octanol–water partition coefficient (Wildman–Crippen LogP) is 1.63. The van der Waals surface area contributed by atoms with Crippen molar-refractivity contribution in [2.45, 2.75) is 6.92 Å². The van der Waals surface area contributed by atoms with E-state index in [9.17, 15) is 0 Å². The van der Waals surface area contributed by atoms with Gasteiger partial charge in [0.1, 0.15) is 5.69 Å². The minimum atomic E-state index is 0.945. The molecule has 2 aromatic rings. The van der Waals surface area contributed by atoms with E-state index in [-0.39, 0.29) is 0 Å². The van der Waals surface area contributed by atoms with Gasteiger partial charge in [-0.3, -0.25) is 0 Å². The van der Waals surface area contributed by atoms with Gasteiger partial charge in [0, 0.05) is 0 Å². The molecule has 2 heterocycles. The molecule has 62 valence electrons. The number of nitrogens with two attached hydrogens (primary N) is 1. The molecule has 0 spiro atoms. The van der Waals surface area contributed by atoms with E-state index in [0.717, 1.165) is 16.3 Å². The fourth-order valence-corrected chi connectivity index (χ4v) is 1.86. The first kappa shape index (κ1) is 7.36. The lowest BCUT2D eigenvalue weighted by Crippen LogP contribution is -2.11. The summed E-state index contributed by atoms with van der Waals surface area (Å²) in [6.45, 7) is 1.93. The molecule has 2 N–H and O–H groups in total. The molecular formula is C8H9N3S. The molecule has 0 aliphatic heterocycles. The maximum atomic E-state index is 5.64. The zero-order valence-corrected chi connectivity index (χ0v) is 7.51. The number of aryl methyl sites for hydroxylation is 1. The number of thiophene rings is 1. The summed E-state index contributed by atoms with van der Waals surface area (Å²) in [6, 6.07) is 6.01. The molecule has 0 saturated heterocycles. The first-order valence-corrected chi connectivity index (χ1v) is 4.51.